The molecule has 1 saturated carbocycles. The molecule has 0 unspecified atom stereocenters. The van der Waals surface area contributed by atoms with Gasteiger partial charge in [0.2, 0.25) is 0 Å². The van der Waals surface area contributed by atoms with Gasteiger partial charge in [0.25, 0.3) is 0 Å². The minimum atomic E-state index is -0.281. The van der Waals surface area contributed by atoms with Crippen molar-refractivity contribution in [3.05, 3.63) is 34.6 Å². The van der Waals surface area contributed by atoms with Gasteiger partial charge >= 0.3 is 0 Å². The fourth-order valence-corrected chi connectivity index (χ4v) is 1.98. The van der Waals surface area contributed by atoms with Crippen molar-refractivity contribution in [3.8, 4) is 0 Å². The van der Waals surface area contributed by atoms with Crippen LogP contribution in [0.1, 0.15) is 30.9 Å². The second kappa shape index (κ2) is 5.15. The third kappa shape index (κ3) is 2.63. The molecule has 15 heavy (non-hydrogen) atoms. The van der Waals surface area contributed by atoms with Gasteiger partial charge in [0, 0.05) is 16.6 Å². The van der Waals surface area contributed by atoms with Crippen molar-refractivity contribution in [2.45, 2.75) is 25.3 Å². The highest BCUT2D eigenvalue weighted by molar-refractivity contribution is 6.30. The zero-order valence-electron chi connectivity index (χ0n) is 8.25. The first-order chi connectivity index (χ1) is 6.68. The van der Waals surface area contributed by atoms with Crippen molar-refractivity contribution in [2.24, 2.45) is 11.7 Å². The van der Waals surface area contributed by atoms with E-state index in [0.717, 1.165) is 12.8 Å². The van der Waals surface area contributed by atoms with Crippen LogP contribution in [-0.4, -0.2) is 0 Å². The maximum atomic E-state index is 13.5. The van der Waals surface area contributed by atoms with E-state index in [1.165, 1.54) is 12.5 Å². The highest BCUT2D eigenvalue weighted by atomic mass is 35.5. The maximum Gasteiger partial charge on any atom is 0.129 e. The van der Waals surface area contributed by atoms with E-state index in [-0.39, 0.29) is 24.3 Å². The van der Waals surface area contributed by atoms with Gasteiger partial charge in [-0.2, -0.15) is 0 Å². The molecule has 0 radical (unpaired) electrons. The van der Waals surface area contributed by atoms with Crippen LogP contribution in [0.4, 0.5) is 4.39 Å². The SMILES string of the molecule is Cl.N[C@H](c1ccc(Cl)cc1F)C1CCC1. The number of benzene rings is 1. The first-order valence-electron chi connectivity index (χ1n) is 4.89. The monoisotopic (exact) mass is 249 g/mol. The summed E-state index contributed by atoms with van der Waals surface area (Å²) in [5.41, 5.74) is 6.56. The zero-order valence-corrected chi connectivity index (χ0v) is 9.82. The van der Waals surface area contributed by atoms with E-state index in [1.54, 1.807) is 12.1 Å². The standard InChI is InChI=1S/C11H13ClFN.ClH/c12-8-4-5-9(10(13)6-8)11(14)7-2-1-3-7;/h4-7,11H,1-3,14H2;1H/t11-;/m0./s1. The predicted octanol–water partition coefficient (Wildman–Crippen LogP) is 3.70. The molecule has 2 N–H and O–H groups in total. The molecule has 1 atom stereocenters. The van der Waals surface area contributed by atoms with Crippen LogP contribution in [0.25, 0.3) is 0 Å². The second-order valence-corrected chi connectivity index (χ2v) is 4.32. The number of rotatable bonds is 2. The Balaban J connectivity index is 0.00000112. The van der Waals surface area contributed by atoms with Crippen LogP contribution in [-0.2, 0) is 0 Å². The lowest BCUT2D eigenvalue weighted by Crippen LogP contribution is -2.27. The summed E-state index contributed by atoms with van der Waals surface area (Å²) in [6, 6.07) is 4.55. The average Bonchev–Trinajstić information content (AvgIpc) is 2.00. The van der Waals surface area contributed by atoms with Crippen LogP contribution in [0.3, 0.4) is 0 Å². The van der Waals surface area contributed by atoms with Crippen LogP contribution in [0, 0.1) is 11.7 Å². The molecule has 84 valence electrons. The van der Waals surface area contributed by atoms with Crippen molar-refractivity contribution in [2.75, 3.05) is 0 Å². The van der Waals surface area contributed by atoms with E-state index in [2.05, 4.69) is 0 Å². The first-order valence-corrected chi connectivity index (χ1v) is 5.27. The molecular formula is C11H14Cl2FN. The molecular weight excluding hydrogens is 236 g/mol. The lowest BCUT2D eigenvalue weighted by atomic mass is 9.77. The summed E-state index contributed by atoms with van der Waals surface area (Å²) in [6.07, 6.45) is 3.44. The fourth-order valence-electron chi connectivity index (χ4n) is 1.82. The molecule has 0 bridgehead atoms. The Kier molecular flexibility index (Phi) is 4.38. The molecule has 0 amide bonds. The van der Waals surface area contributed by atoms with Crippen LogP contribution in [0.2, 0.25) is 5.02 Å². The Bertz CT molecular complexity index is 339. The number of hydrogen-bond donors (Lipinski definition) is 1. The Morgan fingerprint density at radius 1 is 1.40 bits per heavy atom. The van der Waals surface area contributed by atoms with Crippen LogP contribution in [0.5, 0.6) is 0 Å². The van der Waals surface area contributed by atoms with Crippen molar-refractivity contribution in [1.82, 2.24) is 0 Å². The summed E-state index contributed by atoms with van der Waals surface area (Å²) in [5.74, 6) is 0.169. The predicted molar refractivity (Wildman–Crippen MR) is 62.9 cm³/mol. The first kappa shape index (κ1) is 12.8. The molecule has 0 aromatic heterocycles. The Morgan fingerprint density at radius 2 is 2.07 bits per heavy atom. The molecule has 1 aromatic rings. The van der Waals surface area contributed by atoms with Gasteiger partial charge in [-0.25, -0.2) is 4.39 Å². The van der Waals surface area contributed by atoms with Gasteiger partial charge in [0.15, 0.2) is 0 Å². The normalized spacial score (nSPS) is 17.8. The zero-order chi connectivity index (χ0) is 10.1. The molecule has 1 aliphatic rings. The van der Waals surface area contributed by atoms with Gasteiger partial charge in [-0.05, 0) is 30.9 Å². The fraction of sp³-hybridized carbons (Fsp3) is 0.455. The highest BCUT2D eigenvalue weighted by Crippen LogP contribution is 2.37. The highest BCUT2D eigenvalue weighted by Gasteiger charge is 2.27. The molecule has 1 fully saturated rings. The Morgan fingerprint density at radius 3 is 2.53 bits per heavy atom. The van der Waals surface area contributed by atoms with Gasteiger partial charge in [-0.15, -0.1) is 12.4 Å². The quantitative estimate of drug-likeness (QED) is 0.850. The summed E-state index contributed by atoms with van der Waals surface area (Å²) in [4.78, 5) is 0. The number of hydrogen-bond acceptors (Lipinski definition) is 1. The third-order valence-electron chi connectivity index (χ3n) is 2.98. The molecule has 0 spiro atoms. The summed E-state index contributed by atoms with van der Waals surface area (Å²) >= 11 is 5.67. The van der Waals surface area contributed by atoms with E-state index < -0.39 is 0 Å². The van der Waals surface area contributed by atoms with E-state index in [4.69, 9.17) is 17.3 Å². The van der Waals surface area contributed by atoms with Gasteiger partial charge in [0.05, 0.1) is 0 Å². The summed E-state index contributed by atoms with van der Waals surface area (Å²) in [7, 11) is 0. The minimum Gasteiger partial charge on any atom is -0.324 e. The lowest BCUT2D eigenvalue weighted by molar-refractivity contribution is 0.260. The number of nitrogens with two attached hydrogens (primary N) is 1. The van der Waals surface area contributed by atoms with E-state index in [0.29, 0.717) is 16.5 Å². The average molecular weight is 250 g/mol. The van der Waals surface area contributed by atoms with Crippen molar-refractivity contribution >= 4 is 24.0 Å². The molecule has 0 aliphatic heterocycles. The Labute approximate surface area is 100 Å². The second-order valence-electron chi connectivity index (χ2n) is 3.88. The lowest BCUT2D eigenvalue weighted by Gasteiger charge is -2.31. The summed E-state index contributed by atoms with van der Waals surface area (Å²) < 4.78 is 13.5. The molecule has 2 rings (SSSR count). The van der Waals surface area contributed by atoms with Gasteiger partial charge in [0.1, 0.15) is 5.82 Å². The van der Waals surface area contributed by atoms with Crippen LogP contribution >= 0.6 is 24.0 Å². The summed E-state index contributed by atoms with van der Waals surface area (Å²) in [5, 5.41) is 0.423. The van der Waals surface area contributed by atoms with Crippen molar-refractivity contribution < 1.29 is 4.39 Å². The maximum absolute atomic E-state index is 13.5. The van der Waals surface area contributed by atoms with Crippen molar-refractivity contribution in [3.63, 3.8) is 0 Å². The number of halogens is 3. The smallest absolute Gasteiger partial charge is 0.129 e. The summed E-state index contributed by atoms with van der Waals surface area (Å²) in [6.45, 7) is 0. The van der Waals surface area contributed by atoms with E-state index in [9.17, 15) is 4.39 Å². The van der Waals surface area contributed by atoms with E-state index in [1.807, 2.05) is 0 Å². The molecule has 1 nitrogen and oxygen atoms in total. The van der Waals surface area contributed by atoms with Crippen LogP contribution in [0.15, 0.2) is 18.2 Å². The third-order valence-corrected chi connectivity index (χ3v) is 3.21. The molecule has 0 heterocycles. The minimum absolute atomic E-state index is 0. The molecule has 1 aliphatic carbocycles. The van der Waals surface area contributed by atoms with Crippen LogP contribution < -0.4 is 5.73 Å². The molecule has 1 aromatic carbocycles. The topological polar surface area (TPSA) is 26.0 Å². The molecule has 0 saturated heterocycles. The largest absolute Gasteiger partial charge is 0.324 e. The van der Waals surface area contributed by atoms with E-state index >= 15 is 0 Å². The van der Waals surface area contributed by atoms with Gasteiger partial charge in [-0.3, -0.25) is 0 Å². The Hall–Kier alpha value is -0.310. The van der Waals surface area contributed by atoms with Gasteiger partial charge in [-0.1, -0.05) is 24.1 Å². The molecule has 4 heteroatoms. The van der Waals surface area contributed by atoms with Gasteiger partial charge < -0.3 is 5.73 Å². The van der Waals surface area contributed by atoms with Crippen molar-refractivity contribution in [1.29, 1.82) is 0 Å².